The molecule has 1 aromatic carbocycles. The summed E-state index contributed by atoms with van der Waals surface area (Å²) in [6, 6.07) is 5.46. The molecule has 1 aromatic rings. The third-order valence-corrected chi connectivity index (χ3v) is 4.64. The van der Waals surface area contributed by atoms with Crippen molar-refractivity contribution in [3.63, 3.8) is 0 Å². The molecule has 0 saturated carbocycles. The number of halogens is 1. The summed E-state index contributed by atoms with van der Waals surface area (Å²) in [4.78, 5) is 0. The zero-order valence-electron chi connectivity index (χ0n) is 10.2. The second kappa shape index (κ2) is 5.74. The summed E-state index contributed by atoms with van der Waals surface area (Å²) in [6.07, 6.45) is 2.45. The molecule has 0 aliphatic carbocycles. The zero-order chi connectivity index (χ0) is 12.3. The predicted octanol–water partition coefficient (Wildman–Crippen LogP) is 2.99. The largest absolute Gasteiger partial charge is 0.494 e. The van der Waals surface area contributed by atoms with Crippen LogP contribution in [0.2, 0.25) is 0 Å². The van der Waals surface area contributed by atoms with E-state index >= 15 is 0 Å². The molecule has 94 valence electrons. The van der Waals surface area contributed by atoms with Crippen LogP contribution in [0.1, 0.15) is 24.4 Å². The van der Waals surface area contributed by atoms with Gasteiger partial charge in [-0.1, -0.05) is 6.07 Å². The third kappa shape index (κ3) is 2.75. The Labute approximate surface area is 106 Å². The van der Waals surface area contributed by atoms with E-state index in [1.54, 1.807) is 12.1 Å². The highest BCUT2D eigenvalue weighted by Crippen LogP contribution is 2.36. The van der Waals surface area contributed by atoms with Gasteiger partial charge in [0.15, 0.2) is 11.6 Å². The lowest BCUT2D eigenvalue weighted by Gasteiger charge is -2.23. The summed E-state index contributed by atoms with van der Waals surface area (Å²) in [5.41, 5.74) is 1.00. The van der Waals surface area contributed by atoms with Gasteiger partial charge in [0.05, 0.1) is 7.11 Å². The van der Waals surface area contributed by atoms with Gasteiger partial charge >= 0.3 is 0 Å². The van der Waals surface area contributed by atoms with Gasteiger partial charge in [-0.05, 0) is 43.3 Å². The molecule has 17 heavy (non-hydrogen) atoms. The van der Waals surface area contributed by atoms with Crippen LogP contribution < -0.4 is 10.1 Å². The fraction of sp³-hybridized carbons (Fsp3) is 0.538. The van der Waals surface area contributed by atoms with Crippen LogP contribution in [0.15, 0.2) is 18.2 Å². The standard InChI is InChI=1S/C13H18FNOS/c1-15-13(12-4-3-7-17-12)9-5-6-11(16-2)10(14)8-9/h5-6,8,12-13,15H,3-4,7H2,1-2H3. The Morgan fingerprint density at radius 3 is 2.88 bits per heavy atom. The van der Waals surface area contributed by atoms with Crippen molar-refractivity contribution in [3.05, 3.63) is 29.6 Å². The molecule has 1 fully saturated rings. The van der Waals surface area contributed by atoms with E-state index in [9.17, 15) is 4.39 Å². The van der Waals surface area contributed by atoms with Crippen molar-refractivity contribution in [1.82, 2.24) is 5.32 Å². The van der Waals surface area contributed by atoms with Gasteiger partial charge in [-0.2, -0.15) is 11.8 Å². The molecular formula is C13H18FNOS. The van der Waals surface area contributed by atoms with Crippen LogP contribution in [-0.4, -0.2) is 25.2 Å². The van der Waals surface area contributed by atoms with E-state index in [0.717, 1.165) is 5.56 Å². The average Bonchev–Trinajstić information content (AvgIpc) is 2.84. The van der Waals surface area contributed by atoms with E-state index in [4.69, 9.17) is 4.74 Å². The van der Waals surface area contributed by atoms with Crippen molar-refractivity contribution < 1.29 is 9.13 Å². The molecule has 2 unspecified atom stereocenters. The molecule has 2 rings (SSSR count). The minimum absolute atomic E-state index is 0.225. The van der Waals surface area contributed by atoms with Crippen LogP contribution in [0.25, 0.3) is 0 Å². The third-order valence-electron chi connectivity index (χ3n) is 3.18. The van der Waals surface area contributed by atoms with Gasteiger partial charge in [-0.3, -0.25) is 0 Å². The van der Waals surface area contributed by atoms with Gasteiger partial charge in [0, 0.05) is 11.3 Å². The van der Waals surface area contributed by atoms with Gasteiger partial charge in [-0.15, -0.1) is 0 Å². The highest BCUT2D eigenvalue weighted by Gasteiger charge is 2.26. The van der Waals surface area contributed by atoms with Crippen molar-refractivity contribution in [1.29, 1.82) is 0 Å². The summed E-state index contributed by atoms with van der Waals surface area (Å²) in [5, 5.41) is 3.85. The lowest BCUT2D eigenvalue weighted by molar-refractivity contribution is 0.385. The molecule has 1 heterocycles. The number of benzene rings is 1. The molecule has 2 atom stereocenters. The highest BCUT2D eigenvalue weighted by molar-refractivity contribution is 8.00. The molecule has 0 radical (unpaired) electrons. The quantitative estimate of drug-likeness (QED) is 0.893. The number of hydrogen-bond donors (Lipinski definition) is 1. The summed E-state index contributed by atoms with van der Waals surface area (Å²) in [5.74, 6) is 1.23. The van der Waals surface area contributed by atoms with E-state index in [2.05, 4.69) is 5.32 Å². The molecule has 0 amide bonds. The first-order chi connectivity index (χ1) is 8.26. The van der Waals surface area contributed by atoms with E-state index < -0.39 is 0 Å². The summed E-state index contributed by atoms with van der Waals surface area (Å²) in [6.45, 7) is 0. The second-order valence-corrected chi connectivity index (χ2v) is 5.56. The van der Waals surface area contributed by atoms with E-state index in [-0.39, 0.29) is 11.9 Å². The number of hydrogen-bond acceptors (Lipinski definition) is 3. The Hall–Kier alpha value is -0.740. The van der Waals surface area contributed by atoms with E-state index in [0.29, 0.717) is 11.0 Å². The molecule has 1 aliphatic rings. The second-order valence-electron chi connectivity index (χ2n) is 4.21. The Morgan fingerprint density at radius 2 is 2.35 bits per heavy atom. The molecule has 4 heteroatoms. The highest BCUT2D eigenvalue weighted by atomic mass is 32.2. The fourth-order valence-electron chi connectivity index (χ4n) is 2.31. The van der Waals surface area contributed by atoms with Crippen molar-refractivity contribution in [3.8, 4) is 5.75 Å². The molecule has 2 nitrogen and oxygen atoms in total. The minimum atomic E-state index is -0.284. The van der Waals surface area contributed by atoms with Gasteiger partial charge in [0.1, 0.15) is 0 Å². The Kier molecular flexibility index (Phi) is 4.29. The van der Waals surface area contributed by atoms with E-state index in [1.807, 2.05) is 24.9 Å². The van der Waals surface area contributed by atoms with Crippen LogP contribution in [0, 0.1) is 5.82 Å². The number of rotatable bonds is 4. The van der Waals surface area contributed by atoms with Crippen LogP contribution >= 0.6 is 11.8 Å². The van der Waals surface area contributed by atoms with Crippen molar-refractivity contribution >= 4 is 11.8 Å². The number of thioether (sulfide) groups is 1. The molecule has 1 aliphatic heterocycles. The lowest BCUT2D eigenvalue weighted by atomic mass is 10.0. The average molecular weight is 255 g/mol. The summed E-state index contributed by atoms with van der Waals surface area (Å²) in [7, 11) is 3.42. The van der Waals surface area contributed by atoms with Gasteiger partial charge in [-0.25, -0.2) is 4.39 Å². The van der Waals surface area contributed by atoms with Crippen LogP contribution in [0.5, 0.6) is 5.75 Å². The van der Waals surface area contributed by atoms with Gasteiger partial charge in [0.2, 0.25) is 0 Å². The van der Waals surface area contributed by atoms with Crippen LogP contribution in [-0.2, 0) is 0 Å². The lowest BCUT2D eigenvalue weighted by Crippen LogP contribution is -2.25. The smallest absolute Gasteiger partial charge is 0.165 e. The molecule has 1 saturated heterocycles. The maximum absolute atomic E-state index is 13.7. The number of nitrogens with one attached hydrogen (secondary N) is 1. The number of ether oxygens (including phenoxy) is 1. The number of methoxy groups -OCH3 is 1. The normalized spacial score (nSPS) is 21.5. The van der Waals surface area contributed by atoms with Crippen LogP contribution in [0.3, 0.4) is 0 Å². The van der Waals surface area contributed by atoms with Crippen molar-refractivity contribution in [2.24, 2.45) is 0 Å². The Bertz CT molecular complexity index is 380. The minimum Gasteiger partial charge on any atom is -0.494 e. The van der Waals surface area contributed by atoms with E-state index in [1.165, 1.54) is 25.7 Å². The Balaban J connectivity index is 2.21. The SMILES string of the molecule is CNC(c1ccc(OC)c(F)c1)C1CCCS1. The maximum atomic E-state index is 13.7. The molecule has 0 bridgehead atoms. The maximum Gasteiger partial charge on any atom is 0.165 e. The van der Waals surface area contributed by atoms with Crippen molar-refractivity contribution in [2.45, 2.75) is 24.1 Å². The molecule has 0 spiro atoms. The Morgan fingerprint density at radius 1 is 1.53 bits per heavy atom. The predicted molar refractivity (Wildman–Crippen MR) is 70.2 cm³/mol. The topological polar surface area (TPSA) is 21.3 Å². The first-order valence-corrected chi connectivity index (χ1v) is 6.93. The van der Waals surface area contributed by atoms with Gasteiger partial charge in [0.25, 0.3) is 0 Å². The fourth-order valence-corrected chi connectivity index (χ4v) is 3.76. The molecule has 0 aromatic heterocycles. The monoisotopic (exact) mass is 255 g/mol. The van der Waals surface area contributed by atoms with Crippen LogP contribution in [0.4, 0.5) is 4.39 Å². The summed E-state index contributed by atoms with van der Waals surface area (Å²) < 4.78 is 18.6. The first kappa shape index (κ1) is 12.7. The van der Waals surface area contributed by atoms with Gasteiger partial charge < -0.3 is 10.1 Å². The molecule has 1 N–H and O–H groups in total. The van der Waals surface area contributed by atoms with Crippen molar-refractivity contribution in [2.75, 3.05) is 19.9 Å². The zero-order valence-corrected chi connectivity index (χ0v) is 11.0. The molecular weight excluding hydrogens is 237 g/mol. The summed E-state index contributed by atoms with van der Waals surface area (Å²) >= 11 is 1.97. The first-order valence-electron chi connectivity index (χ1n) is 5.88.